The maximum absolute atomic E-state index is 4.29. The molecule has 2 heterocycles. The van der Waals surface area contributed by atoms with Crippen LogP contribution in [0.1, 0.15) is 12.5 Å². The smallest absolute Gasteiger partial charge is 0.0534 e. The van der Waals surface area contributed by atoms with Crippen LogP contribution in [0, 0.1) is 0 Å². The third-order valence-electron chi connectivity index (χ3n) is 3.01. The van der Waals surface area contributed by atoms with Crippen LogP contribution in [0.15, 0.2) is 12.4 Å². The van der Waals surface area contributed by atoms with Gasteiger partial charge in [-0.25, -0.2) is 0 Å². The number of nitrogens with zero attached hydrogens (tertiary/aromatic N) is 4. The zero-order valence-corrected chi connectivity index (χ0v) is 9.69. The van der Waals surface area contributed by atoms with E-state index >= 15 is 0 Å². The normalized spacial score (nSPS) is 19.6. The Labute approximate surface area is 91.5 Å². The highest BCUT2D eigenvalue weighted by molar-refractivity contribution is 5.03. The van der Waals surface area contributed by atoms with Gasteiger partial charge in [-0.2, -0.15) is 5.10 Å². The van der Waals surface area contributed by atoms with Crippen LogP contribution in [-0.4, -0.2) is 52.8 Å². The molecule has 4 nitrogen and oxygen atoms in total. The van der Waals surface area contributed by atoms with Crippen LogP contribution in [0.4, 0.5) is 0 Å². The Kier molecular flexibility index (Phi) is 3.38. The van der Waals surface area contributed by atoms with Gasteiger partial charge in [-0.05, 0) is 14.0 Å². The van der Waals surface area contributed by atoms with Gasteiger partial charge in [0.25, 0.3) is 0 Å². The van der Waals surface area contributed by atoms with Gasteiger partial charge in [0, 0.05) is 51.0 Å². The topological polar surface area (TPSA) is 24.3 Å². The average molecular weight is 208 g/mol. The van der Waals surface area contributed by atoms with Crippen molar-refractivity contribution in [1.29, 1.82) is 0 Å². The Morgan fingerprint density at radius 2 is 2.00 bits per heavy atom. The summed E-state index contributed by atoms with van der Waals surface area (Å²) in [6.07, 6.45) is 4.14. The first-order chi connectivity index (χ1) is 7.28. The molecule has 4 heteroatoms. The van der Waals surface area contributed by atoms with E-state index in [1.54, 1.807) is 0 Å². The number of aromatic nitrogens is 2. The van der Waals surface area contributed by atoms with Gasteiger partial charge >= 0.3 is 0 Å². The van der Waals surface area contributed by atoms with Gasteiger partial charge in [0.05, 0.1) is 6.20 Å². The first-order valence-corrected chi connectivity index (χ1v) is 5.70. The highest BCUT2D eigenvalue weighted by Crippen LogP contribution is 2.06. The SMILES string of the molecule is CCn1cc(CN2CCN(C)CC2)cn1. The zero-order chi connectivity index (χ0) is 10.7. The number of likely N-dealkylation sites (N-methyl/N-ethyl adjacent to an activating group) is 1. The second kappa shape index (κ2) is 4.77. The summed E-state index contributed by atoms with van der Waals surface area (Å²) >= 11 is 0. The molecule has 15 heavy (non-hydrogen) atoms. The van der Waals surface area contributed by atoms with Crippen LogP contribution in [0.5, 0.6) is 0 Å². The minimum Gasteiger partial charge on any atom is -0.304 e. The van der Waals surface area contributed by atoms with E-state index in [9.17, 15) is 0 Å². The molecule has 2 rings (SSSR count). The van der Waals surface area contributed by atoms with Crippen molar-refractivity contribution >= 4 is 0 Å². The van der Waals surface area contributed by atoms with Crippen molar-refractivity contribution in [1.82, 2.24) is 19.6 Å². The van der Waals surface area contributed by atoms with Crippen molar-refractivity contribution in [2.24, 2.45) is 0 Å². The summed E-state index contributed by atoms with van der Waals surface area (Å²) in [7, 11) is 2.19. The van der Waals surface area contributed by atoms with Crippen molar-refractivity contribution in [3.05, 3.63) is 18.0 Å². The Balaban J connectivity index is 1.86. The van der Waals surface area contributed by atoms with E-state index in [1.165, 1.54) is 31.7 Å². The molecule has 0 atom stereocenters. The molecule has 0 unspecified atom stereocenters. The maximum Gasteiger partial charge on any atom is 0.0534 e. The highest BCUT2D eigenvalue weighted by Gasteiger charge is 2.14. The molecule has 84 valence electrons. The van der Waals surface area contributed by atoms with Crippen molar-refractivity contribution in [2.75, 3.05) is 33.2 Å². The van der Waals surface area contributed by atoms with Crippen LogP contribution in [-0.2, 0) is 13.1 Å². The van der Waals surface area contributed by atoms with Crippen molar-refractivity contribution in [2.45, 2.75) is 20.0 Å². The van der Waals surface area contributed by atoms with Gasteiger partial charge in [0.1, 0.15) is 0 Å². The van der Waals surface area contributed by atoms with Gasteiger partial charge in [0.2, 0.25) is 0 Å². The molecule has 1 aliphatic rings. The monoisotopic (exact) mass is 208 g/mol. The summed E-state index contributed by atoms with van der Waals surface area (Å²) in [6, 6.07) is 0. The van der Waals surface area contributed by atoms with E-state index in [0.717, 1.165) is 13.1 Å². The summed E-state index contributed by atoms with van der Waals surface area (Å²) in [5.74, 6) is 0. The largest absolute Gasteiger partial charge is 0.304 e. The van der Waals surface area contributed by atoms with Gasteiger partial charge in [-0.1, -0.05) is 0 Å². The predicted octanol–water partition coefficient (Wildman–Crippen LogP) is 0.650. The first-order valence-electron chi connectivity index (χ1n) is 5.70. The van der Waals surface area contributed by atoms with Gasteiger partial charge in [0.15, 0.2) is 0 Å². The molecule has 0 N–H and O–H groups in total. The van der Waals surface area contributed by atoms with Crippen LogP contribution < -0.4 is 0 Å². The molecular weight excluding hydrogens is 188 g/mol. The van der Waals surface area contributed by atoms with E-state index < -0.39 is 0 Å². The molecule has 1 aromatic heterocycles. The van der Waals surface area contributed by atoms with Crippen molar-refractivity contribution in [3.8, 4) is 0 Å². The maximum atomic E-state index is 4.29. The number of piperazine rings is 1. The molecule has 0 spiro atoms. The molecule has 1 aliphatic heterocycles. The second-order valence-electron chi connectivity index (χ2n) is 4.28. The Bertz CT molecular complexity index is 299. The van der Waals surface area contributed by atoms with Gasteiger partial charge in [-0.3, -0.25) is 9.58 Å². The summed E-state index contributed by atoms with van der Waals surface area (Å²) < 4.78 is 1.99. The quantitative estimate of drug-likeness (QED) is 0.729. The van der Waals surface area contributed by atoms with E-state index in [0.29, 0.717) is 0 Å². The van der Waals surface area contributed by atoms with Gasteiger partial charge < -0.3 is 4.90 Å². The molecule has 1 aromatic rings. The number of hydrogen-bond donors (Lipinski definition) is 0. The molecular formula is C11H20N4. The van der Waals surface area contributed by atoms with Crippen LogP contribution in [0.2, 0.25) is 0 Å². The lowest BCUT2D eigenvalue weighted by Crippen LogP contribution is -2.43. The molecule has 1 saturated heterocycles. The Hall–Kier alpha value is -0.870. The molecule has 0 bridgehead atoms. The lowest BCUT2D eigenvalue weighted by Gasteiger charge is -2.31. The zero-order valence-electron chi connectivity index (χ0n) is 9.69. The van der Waals surface area contributed by atoms with Gasteiger partial charge in [-0.15, -0.1) is 0 Å². The predicted molar refractivity (Wildman–Crippen MR) is 60.7 cm³/mol. The van der Waals surface area contributed by atoms with E-state index in [2.05, 4.69) is 35.1 Å². The van der Waals surface area contributed by atoms with Crippen LogP contribution in [0.25, 0.3) is 0 Å². The number of hydrogen-bond acceptors (Lipinski definition) is 3. The summed E-state index contributed by atoms with van der Waals surface area (Å²) in [5, 5.41) is 4.29. The van der Waals surface area contributed by atoms with E-state index in [1.807, 2.05) is 10.9 Å². The molecule has 0 saturated carbocycles. The Morgan fingerprint density at radius 3 is 2.60 bits per heavy atom. The molecule has 0 aromatic carbocycles. The third kappa shape index (κ3) is 2.79. The lowest BCUT2D eigenvalue weighted by molar-refractivity contribution is 0.148. The first kappa shape index (κ1) is 10.6. The van der Waals surface area contributed by atoms with E-state index in [-0.39, 0.29) is 0 Å². The fraction of sp³-hybridized carbons (Fsp3) is 0.727. The second-order valence-corrected chi connectivity index (χ2v) is 4.28. The van der Waals surface area contributed by atoms with Crippen molar-refractivity contribution in [3.63, 3.8) is 0 Å². The summed E-state index contributed by atoms with van der Waals surface area (Å²) in [4.78, 5) is 4.88. The third-order valence-corrected chi connectivity index (χ3v) is 3.01. The lowest BCUT2D eigenvalue weighted by atomic mass is 10.3. The van der Waals surface area contributed by atoms with E-state index in [4.69, 9.17) is 0 Å². The van der Waals surface area contributed by atoms with Crippen molar-refractivity contribution < 1.29 is 0 Å². The minimum atomic E-state index is 0.961. The van der Waals surface area contributed by atoms with Crippen LogP contribution >= 0.6 is 0 Å². The summed E-state index contributed by atoms with van der Waals surface area (Å²) in [6.45, 7) is 8.84. The fourth-order valence-corrected chi connectivity index (χ4v) is 1.93. The molecule has 0 radical (unpaired) electrons. The molecule has 0 aliphatic carbocycles. The number of aryl methyl sites for hydroxylation is 1. The average Bonchev–Trinajstić information content (AvgIpc) is 2.69. The highest BCUT2D eigenvalue weighted by atomic mass is 15.3. The number of rotatable bonds is 3. The minimum absolute atomic E-state index is 0.961. The fourth-order valence-electron chi connectivity index (χ4n) is 1.93. The van der Waals surface area contributed by atoms with Crippen LogP contribution in [0.3, 0.4) is 0 Å². The Morgan fingerprint density at radius 1 is 1.27 bits per heavy atom. The molecule has 0 amide bonds. The molecule has 1 fully saturated rings. The standard InChI is InChI=1S/C11H20N4/c1-3-15-10-11(8-12-15)9-14-6-4-13(2)5-7-14/h8,10H,3-7,9H2,1-2H3. The summed E-state index contributed by atoms with van der Waals surface area (Å²) in [5.41, 5.74) is 1.33.